The van der Waals surface area contributed by atoms with Crippen molar-refractivity contribution in [1.29, 1.82) is 0 Å². The first-order valence-electron chi connectivity index (χ1n) is 6.70. The lowest BCUT2D eigenvalue weighted by atomic mass is 10.1. The van der Waals surface area contributed by atoms with E-state index in [0.29, 0.717) is 22.8 Å². The number of halogens is 1. The van der Waals surface area contributed by atoms with E-state index in [1.807, 2.05) is 0 Å². The van der Waals surface area contributed by atoms with Crippen LogP contribution in [0.5, 0.6) is 0 Å². The molecule has 0 N–H and O–H groups in total. The molecule has 0 spiro atoms. The van der Waals surface area contributed by atoms with Crippen molar-refractivity contribution in [2.24, 2.45) is 0 Å². The van der Waals surface area contributed by atoms with E-state index in [2.05, 4.69) is 15.3 Å². The monoisotopic (exact) mass is 338 g/mol. The summed E-state index contributed by atoms with van der Waals surface area (Å²) >= 11 is 1.34. The highest BCUT2D eigenvalue weighted by molar-refractivity contribution is 7.91. The number of rotatable bonds is 2. The Hall–Kier alpha value is -1.87. The topological polar surface area (TPSA) is 77.2 Å². The third kappa shape index (κ3) is 2.30. The van der Waals surface area contributed by atoms with Crippen LogP contribution >= 0.6 is 11.3 Å². The predicted molar refractivity (Wildman–Crippen MR) is 80.1 cm³/mol. The van der Waals surface area contributed by atoms with Gasteiger partial charge in [0.1, 0.15) is 10.8 Å². The van der Waals surface area contributed by atoms with Crippen LogP contribution in [0.15, 0.2) is 24.3 Å². The van der Waals surface area contributed by atoms with Crippen molar-refractivity contribution in [2.75, 3.05) is 11.5 Å². The second-order valence-corrected chi connectivity index (χ2v) is 8.48. The molecule has 1 aliphatic heterocycles. The molecule has 1 atom stereocenters. The maximum Gasteiger partial charge on any atom is 0.234 e. The van der Waals surface area contributed by atoms with Crippen LogP contribution in [0, 0.1) is 5.82 Å². The minimum absolute atomic E-state index is 0.0861. The normalized spacial score (nSPS) is 20.7. The Morgan fingerprint density at radius 2 is 2.18 bits per heavy atom. The molecule has 114 valence electrons. The summed E-state index contributed by atoms with van der Waals surface area (Å²) in [5, 5.41) is 13.3. The molecule has 0 saturated carbocycles. The van der Waals surface area contributed by atoms with Gasteiger partial charge in [0, 0.05) is 11.5 Å². The van der Waals surface area contributed by atoms with Crippen LogP contribution in [0.1, 0.15) is 17.3 Å². The summed E-state index contributed by atoms with van der Waals surface area (Å²) in [5.41, 5.74) is 0.586. The summed E-state index contributed by atoms with van der Waals surface area (Å²) in [4.78, 5) is 0.582. The van der Waals surface area contributed by atoms with Gasteiger partial charge in [0.2, 0.25) is 4.96 Å². The summed E-state index contributed by atoms with van der Waals surface area (Å²) in [7, 11) is -2.96. The van der Waals surface area contributed by atoms with Gasteiger partial charge in [0.15, 0.2) is 15.7 Å². The summed E-state index contributed by atoms with van der Waals surface area (Å²) in [6, 6.07) is 6.06. The Morgan fingerprint density at radius 3 is 2.91 bits per heavy atom. The van der Waals surface area contributed by atoms with Crippen LogP contribution in [0.2, 0.25) is 0 Å². The summed E-state index contributed by atoms with van der Waals surface area (Å²) < 4.78 is 38.1. The highest BCUT2D eigenvalue weighted by atomic mass is 32.2. The number of hydrogen-bond acceptors (Lipinski definition) is 6. The van der Waals surface area contributed by atoms with E-state index in [-0.39, 0.29) is 23.2 Å². The zero-order valence-corrected chi connectivity index (χ0v) is 12.9. The highest BCUT2D eigenvalue weighted by Gasteiger charge is 2.32. The van der Waals surface area contributed by atoms with E-state index in [1.54, 1.807) is 16.6 Å². The quantitative estimate of drug-likeness (QED) is 0.713. The van der Waals surface area contributed by atoms with Gasteiger partial charge < -0.3 is 0 Å². The highest BCUT2D eigenvalue weighted by Crippen LogP contribution is 2.32. The van der Waals surface area contributed by atoms with Gasteiger partial charge in [-0.2, -0.15) is 9.61 Å². The standard InChI is InChI=1S/C13H11FN4O2S2/c14-10-3-1-2-8(6-10)11-15-16-13-18(11)17-12(21-13)9-4-5-22(19,20)7-9/h1-3,6,9H,4-5,7H2/t9-/m0/s1. The van der Waals surface area contributed by atoms with E-state index in [4.69, 9.17) is 0 Å². The van der Waals surface area contributed by atoms with Gasteiger partial charge in [-0.15, -0.1) is 10.2 Å². The Kier molecular flexibility index (Phi) is 3.01. The predicted octanol–water partition coefficient (Wildman–Crippen LogP) is 1.89. The molecule has 0 bridgehead atoms. The first-order valence-corrected chi connectivity index (χ1v) is 9.34. The number of fused-ring (bicyclic) bond motifs is 1. The second-order valence-electron chi connectivity index (χ2n) is 5.27. The van der Waals surface area contributed by atoms with Crippen LogP contribution in [0.4, 0.5) is 4.39 Å². The molecule has 0 amide bonds. The molecular formula is C13H11FN4O2S2. The SMILES string of the molecule is O=S1(=O)CC[C@H](c2nn3c(-c4cccc(F)c4)nnc3s2)C1. The van der Waals surface area contributed by atoms with Gasteiger partial charge in [-0.25, -0.2) is 12.8 Å². The third-order valence-electron chi connectivity index (χ3n) is 3.67. The molecule has 0 radical (unpaired) electrons. The molecule has 1 aliphatic rings. The van der Waals surface area contributed by atoms with Gasteiger partial charge in [-0.3, -0.25) is 0 Å². The average molecular weight is 338 g/mol. The van der Waals surface area contributed by atoms with Crippen molar-refractivity contribution in [2.45, 2.75) is 12.3 Å². The van der Waals surface area contributed by atoms with Gasteiger partial charge in [-0.05, 0) is 18.6 Å². The number of hydrogen-bond donors (Lipinski definition) is 0. The molecule has 3 heterocycles. The van der Waals surface area contributed by atoms with E-state index >= 15 is 0 Å². The second kappa shape index (κ2) is 4.82. The van der Waals surface area contributed by atoms with Crippen molar-refractivity contribution < 1.29 is 12.8 Å². The van der Waals surface area contributed by atoms with E-state index < -0.39 is 9.84 Å². The first-order chi connectivity index (χ1) is 10.5. The Balaban J connectivity index is 1.77. The number of aromatic nitrogens is 4. The van der Waals surface area contributed by atoms with Crippen molar-refractivity contribution in [3.63, 3.8) is 0 Å². The molecular weight excluding hydrogens is 327 g/mol. The van der Waals surface area contributed by atoms with Crippen LogP contribution in [-0.2, 0) is 9.84 Å². The van der Waals surface area contributed by atoms with Crippen molar-refractivity contribution >= 4 is 26.1 Å². The van der Waals surface area contributed by atoms with Gasteiger partial charge in [0.25, 0.3) is 0 Å². The largest absolute Gasteiger partial charge is 0.234 e. The maximum atomic E-state index is 13.4. The van der Waals surface area contributed by atoms with Crippen LogP contribution in [0.3, 0.4) is 0 Å². The Morgan fingerprint density at radius 1 is 1.32 bits per heavy atom. The molecule has 9 heteroatoms. The summed E-state index contributed by atoms with van der Waals surface area (Å²) in [5.74, 6) is 0.350. The molecule has 4 rings (SSSR count). The van der Waals surface area contributed by atoms with Gasteiger partial charge in [-0.1, -0.05) is 23.5 Å². The minimum atomic E-state index is -2.96. The molecule has 3 aromatic rings. The smallest absolute Gasteiger partial charge is 0.229 e. The van der Waals surface area contributed by atoms with E-state index in [1.165, 1.54) is 23.5 Å². The fourth-order valence-electron chi connectivity index (χ4n) is 2.59. The van der Waals surface area contributed by atoms with Crippen molar-refractivity contribution in [3.8, 4) is 11.4 Å². The molecule has 1 saturated heterocycles. The molecule has 6 nitrogen and oxygen atoms in total. The zero-order valence-electron chi connectivity index (χ0n) is 11.3. The van der Waals surface area contributed by atoms with Crippen LogP contribution < -0.4 is 0 Å². The Labute approximate surface area is 129 Å². The van der Waals surface area contributed by atoms with E-state index in [9.17, 15) is 12.8 Å². The fraction of sp³-hybridized carbons (Fsp3) is 0.308. The third-order valence-corrected chi connectivity index (χ3v) is 6.50. The number of sulfone groups is 1. The molecule has 1 fully saturated rings. The molecule has 0 aliphatic carbocycles. The molecule has 1 aromatic carbocycles. The lowest BCUT2D eigenvalue weighted by Crippen LogP contribution is -2.04. The maximum absolute atomic E-state index is 13.4. The summed E-state index contributed by atoms with van der Waals surface area (Å²) in [6.07, 6.45) is 0.585. The fourth-order valence-corrected chi connectivity index (χ4v) is 5.42. The lowest BCUT2D eigenvalue weighted by Gasteiger charge is -2.00. The number of nitrogens with zero attached hydrogens (tertiary/aromatic N) is 4. The van der Waals surface area contributed by atoms with Crippen molar-refractivity contribution in [3.05, 3.63) is 35.1 Å². The first kappa shape index (κ1) is 13.8. The van der Waals surface area contributed by atoms with Crippen molar-refractivity contribution in [1.82, 2.24) is 19.8 Å². The van der Waals surface area contributed by atoms with Gasteiger partial charge >= 0.3 is 0 Å². The number of benzene rings is 1. The van der Waals surface area contributed by atoms with Crippen LogP contribution in [-0.4, -0.2) is 39.7 Å². The minimum Gasteiger partial charge on any atom is -0.229 e. The van der Waals surface area contributed by atoms with E-state index in [0.717, 1.165) is 5.01 Å². The average Bonchev–Trinajstić information content (AvgIpc) is 3.11. The molecule has 0 unspecified atom stereocenters. The lowest BCUT2D eigenvalue weighted by molar-refractivity contribution is 0.601. The van der Waals surface area contributed by atoms with Gasteiger partial charge in [0.05, 0.1) is 11.5 Å². The molecule has 22 heavy (non-hydrogen) atoms. The van der Waals surface area contributed by atoms with Crippen LogP contribution in [0.25, 0.3) is 16.3 Å². The Bertz CT molecular complexity index is 963. The molecule has 2 aromatic heterocycles. The zero-order chi connectivity index (χ0) is 15.3. The summed E-state index contributed by atoms with van der Waals surface area (Å²) in [6.45, 7) is 0.